The number of ketones is 1. The van der Waals surface area contributed by atoms with Crippen LogP contribution in [0, 0.1) is 34.5 Å². The third-order valence-corrected chi connectivity index (χ3v) is 11.7. The number of hydrogen-bond acceptors (Lipinski definition) is 6. The Hall–Kier alpha value is -1.50. The first-order chi connectivity index (χ1) is 15.9. The normalized spacial score (nSPS) is 53.3. The Morgan fingerprint density at radius 2 is 1.85 bits per heavy atom. The zero-order chi connectivity index (χ0) is 24.4. The van der Waals surface area contributed by atoms with E-state index in [-0.39, 0.29) is 35.1 Å². The van der Waals surface area contributed by atoms with Crippen LogP contribution >= 0.6 is 0 Å². The summed E-state index contributed by atoms with van der Waals surface area (Å²) in [5.74, 6) is 0.651. The van der Waals surface area contributed by atoms with E-state index in [1.807, 2.05) is 20.8 Å². The molecule has 6 heteroatoms. The van der Waals surface area contributed by atoms with Crippen LogP contribution in [0.15, 0.2) is 23.3 Å². The first kappa shape index (κ1) is 22.9. The van der Waals surface area contributed by atoms with E-state index in [0.717, 1.165) is 37.7 Å². The topological polar surface area (TPSA) is 96.4 Å². The number of fused-ring (bicyclic) bond motifs is 4. The van der Waals surface area contributed by atoms with E-state index in [1.165, 1.54) is 0 Å². The summed E-state index contributed by atoms with van der Waals surface area (Å²) in [7, 11) is 0. The third kappa shape index (κ3) is 2.53. The Bertz CT molecular complexity index is 1030. The standard InChI is InChI=1S/C28H38O6/c1-14-12-22(33-24(31)15(14)2)27(5,32)19-7-6-17-16-13-23-28(34-23)21(30)9-8-20(29)26(28,4)18(16)10-11-25(17,19)3/h8-9,16-19,21-23,30,32H,6-7,10-13H2,1-5H3/t16-,17-,18-,19-,21-,22-,23-,25+,26+,27+,28-/m0/s1. The molecule has 2 aliphatic heterocycles. The average Bonchev–Trinajstić information content (AvgIpc) is 3.40. The van der Waals surface area contributed by atoms with Crippen LogP contribution in [0.1, 0.15) is 73.1 Å². The highest BCUT2D eigenvalue weighted by Crippen LogP contribution is 2.73. The van der Waals surface area contributed by atoms with Crippen LogP contribution in [0.3, 0.4) is 0 Å². The highest BCUT2D eigenvalue weighted by molar-refractivity contribution is 5.98. The van der Waals surface area contributed by atoms with Gasteiger partial charge in [0.25, 0.3) is 0 Å². The molecule has 0 amide bonds. The molecule has 34 heavy (non-hydrogen) atoms. The quantitative estimate of drug-likeness (QED) is 0.474. The van der Waals surface area contributed by atoms with Crippen LogP contribution in [0.2, 0.25) is 0 Å². The van der Waals surface area contributed by atoms with Gasteiger partial charge in [0.1, 0.15) is 23.4 Å². The summed E-state index contributed by atoms with van der Waals surface area (Å²) < 4.78 is 12.0. The Labute approximate surface area is 201 Å². The molecule has 6 rings (SSSR count). The highest BCUT2D eigenvalue weighted by atomic mass is 16.6. The van der Waals surface area contributed by atoms with Crippen LogP contribution in [-0.2, 0) is 19.1 Å². The van der Waals surface area contributed by atoms with Crippen molar-refractivity contribution < 1.29 is 29.3 Å². The number of cyclic esters (lactones) is 1. The summed E-state index contributed by atoms with van der Waals surface area (Å²) in [5, 5.41) is 22.7. The van der Waals surface area contributed by atoms with Gasteiger partial charge in [-0.25, -0.2) is 4.79 Å². The number of aliphatic hydroxyl groups is 2. The third-order valence-electron chi connectivity index (χ3n) is 11.7. The van der Waals surface area contributed by atoms with E-state index >= 15 is 0 Å². The molecule has 1 saturated heterocycles. The van der Waals surface area contributed by atoms with Crippen molar-refractivity contribution in [1.82, 2.24) is 0 Å². The van der Waals surface area contributed by atoms with Crippen LogP contribution < -0.4 is 0 Å². The lowest BCUT2D eigenvalue weighted by molar-refractivity contribution is -0.184. The van der Waals surface area contributed by atoms with Gasteiger partial charge in [0, 0.05) is 12.0 Å². The molecule has 3 saturated carbocycles. The molecule has 2 N–H and O–H groups in total. The summed E-state index contributed by atoms with van der Waals surface area (Å²) in [6.07, 6.45) is 6.96. The first-order valence-corrected chi connectivity index (χ1v) is 13.1. The summed E-state index contributed by atoms with van der Waals surface area (Å²) in [4.78, 5) is 25.7. The molecule has 0 aromatic rings. The molecule has 1 spiro atoms. The van der Waals surface area contributed by atoms with E-state index in [2.05, 4.69) is 6.92 Å². The van der Waals surface area contributed by atoms with Gasteiger partial charge in [-0.05, 0) is 101 Å². The van der Waals surface area contributed by atoms with Crippen molar-refractivity contribution in [3.63, 3.8) is 0 Å². The number of esters is 1. The molecule has 2 heterocycles. The summed E-state index contributed by atoms with van der Waals surface area (Å²) in [6, 6.07) is 0. The number of allylic oxidation sites excluding steroid dienone is 1. The van der Waals surface area contributed by atoms with E-state index in [0.29, 0.717) is 23.8 Å². The van der Waals surface area contributed by atoms with Gasteiger partial charge in [-0.15, -0.1) is 0 Å². The highest BCUT2D eigenvalue weighted by Gasteiger charge is 2.80. The number of carbonyl (C=O) groups is 2. The summed E-state index contributed by atoms with van der Waals surface area (Å²) in [6.45, 7) is 9.96. The number of rotatable bonds is 2. The van der Waals surface area contributed by atoms with Crippen LogP contribution in [0.5, 0.6) is 0 Å². The van der Waals surface area contributed by atoms with E-state index in [9.17, 15) is 19.8 Å². The van der Waals surface area contributed by atoms with Gasteiger partial charge in [-0.2, -0.15) is 0 Å². The molecular weight excluding hydrogens is 432 g/mol. The molecule has 0 aromatic heterocycles. The average molecular weight is 471 g/mol. The lowest BCUT2D eigenvalue weighted by atomic mass is 9.44. The molecule has 6 aliphatic rings. The molecule has 0 aromatic carbocycles. The SMILES string of the molecule is CC1=C(C)C(=O)O[C@H]([C@](C)(O)[C@H]2CC[C@H]3[C@@H]4C[C@@H]5O[C@@]56[C@@H](O)C=CC(=O)[C@@]6(C)[C@H]4CC[C@@]23C)C1. The molecule has 0 radical (unpaired) electrons. The molecule has 186 valence electrons. The fraction of sp³-hybridized carbons (Fsp3) is 0.786. The lowest BCUT2D eigenvalue weighted by Gasteiger charge is -2.59. The van der Waals surface area contributed by atoms with Gasteiger partial charge in [0.05, 0.1) is 11.5 Å². The number of epoxide rings is 1. The van der Waals surface area contributed by atoms with E-state index in [4.69, 9.17) is 9.47 Å². The maximum atomic E-state index is 13.3. The van der Waals surface area contributed by atoms with Crippen LogP contribution in [-0.4, -0.2) is 51.5 Å². The maximum absolute atomic E-state index is 13.3. The molecule has 11 atom stereocenters. The van der Waals surface area contributed by atoms with Gasteiger partial charge in [-0.1, -0.05) is 12.5 Å². The minimum absolute atomic E-state index is 0.0158. The fourth-order valence-corrected chi connectivity index (χ4v) is 9.56. The van der Waals surface area contributed by atoms with Crippen molar-refractivity contribution >= 4 is 11.8 Å². The molecule has 0 unspecified atom stereocenters. The predicted molar refractivity (Wildman–Crippen MR) is 125 cm³/mol. The maximum Gasteiger partial charge on any atom is 0.334 e. The van der Waals surface area contributed by atoms with Gasteiger partial charge in [0.15, 0.2) is 5.78 Å². The Morgan fingerprint density at radius 3 is 2.56 bits per heavy atom. The Balaban J connectivity index is 1.31. The van der Waals surface area contributed by atoms with Crippen LogP contribution in [0.25, 0.3) is 0 Å². The molecular formula is C28H38O6. The Morgan fingerprint density at radius 1 is 1.12 bits per heavy atom. The number of aliphatic hydroxyl groups excluding tert-OH is 1. The van der Waals surface area contributed by atoms with Crippen molar-refractivity contribution in [1.29, 1.82) is 0 Å². The molecule has 0 bridgehead atoms. The monoisotopic (exact) mass is 470 g/mol. The van der Waals surface area contributed by atoms with Gasteiger partial charge in [-0.3, -0.25) is 4.79 Å². The zero-order valence-electron chi connectivity index (χ0n) is 21.0. The first-order valence-electron chi connectivity index (χ1n) is 13.1. The number of hydrogen-bond donors (Lipinski definition) is 2. The van der Waals surface area contributed by atoms with Crippen molar-refractivity contribution in [2.24, 2.45) is 34.5 Å². The molecule has 6 nitrogen and oxygen atoms in total. The minimum Gasteiger partial charge on any atom is -0.456 e. The van der Waals surface area contributed by atoms with Gasteiger partial charge < -0.3 is 19.7 Å². The van der Waals surface area contributed by atoms with Crippen LogP contribution in [0.4, 0.5) is 0 Å². The van der Waals surface area contributed by atoms with E-state index in [1.54, 1.807) is 19.1 Å². The number of ether oxygens (including phenoxy) is 2. The van der Waals surface area contributed by atoms with Crippen molar-refractivity contribution in [2.45, 2.75) is 103 Å². The summed E-state index contributed by atoms with van der Waals surface area (Å²) in [5.41, 5.74) is -1.02. The van der Waals surface area contributed by atoms with Gasteiger partial charge >= 0.3 is 5.97 Å². The fourth-order valence-electron chi connectivity index (χ4n) is 9.56. The largest absolute Gasteiger partial charge is 0.456 e. The zero-order valence-corrected chi connectivity index (χ0v) is 21.0. The smallest absolute Gasteiger partial charge is 0.334 e. The van der Waals surface area contributed by atoms with Gasteiger partial charge in [0.2, 0.25) is 0 Å². The number of carbonyl (C=O) groups excluding carboxylic acids is 2. The Kier molecular flexibility index (Phi) is 4.61. The van der Waals surface area contributed by atoms with Crippen molar-refractivity contribution in [3.05, 3.63) is 23.3 Å². The van der Waals surface area contributed by atoms with Crippen molar-refractivity contribution in [2.75, 3.05) is 0 Å². The molecule has 4 aliphatic carbocycles. The second-order valence-corrected chi connectivity index (χ2v) is 12.8. The van der Waals surface area contributed by atoms with Crippen molar-refractivity contribution in [3.8, 4) is 0 Å². The van der Waals surface area contributed by atoms with E-state index < -0.39 is 28.8 Å². The second kappa shape index (κ2) is 6.83. The lowest BCUT2D eigenvalue weighted by Crippen LogP contribution is -2.64. The second-order valence-electron chi connectivity index (χ2n) is 12.8. The summed E-state index contributed by atoms with van der Waals surface area (Å²) >= 11 is 0. The predicted octanol–water partition coefficient (Wildman–Crippen LogP) is 3.50. The minimum atomic E-state index is -1.12. The molecule has 4 fully saturated rings.